The van der Waals surface area contributed by atoms with Crippen LogP contribution in [0.25, 0.3) is 0 Å². The van der Waals surface area contributed by atoms with Crippen molar-refractivity contribution in [3.63, 3.8) is 0 Å². The summed E-state index contributed by atoms with van der Waals surface area (Å²) < 4.78 is 0.782. The van der Waals surface area contributed by atoms with Crippen LogP contribution in [0.1, 0.15) is 36.2 Å². The Hall–Kier alpha value is -1.93. The molecule has 0 aliphatic carbocycles. The van der Waals surface area contributed by atoms with Crippen LogP contribution in [0, 0.1) is 0 Å². The topological polar surface area (TPSA) is 84.0 Å². The zero-order valence-corrected chi connectivity index (χ0v) is 15.3. The molecule has 1 heterocycles. The van der Waals surface area contributed by atoms with Crippen molar-refractivity contribution in [3.05, 3.63) is 35.4 Å². The summed E-state index contributed by atoms with van der Waals surface area (Å²) in [7, 11) is 0. The van der Waals surface area contributed by atoms with Crippen LogP contribution in [-0.2, 0) is 11.3 Å². The molecule has 0 radical (unpaired) electrons. The lowest BCUT2D eigenvalue weighted by Gasteiger charge is -2.04. The van der Waals surface area contributed by atoms with E-state index in [2.05, 4.69) is 27.8 Å². The molecule has 2 aromatic rings. The Morgan fingerprint density at radius 2 is 1.96 bits per heavy atom. The first-order valence-electron chi connectivity index (χ1n) is 7.65. The number of hydrogen-bond acceptors (Lipinski definition) is 7. The van der Waals surface area contributed by atoms with Crippen molar-refractivity contribution in [2.75, 3.05) is 17.6 Å². The lowest BCUT2D eigenvalue weighted by molar-refractivity contribution is -0.119. The molecule has 0 spiro atoms. The van der Waals surface area contributed by atoms with Gasteiger partial charge in [0, 0.05) is 25.6 Å². The highest BCUT2D eigenvalue weighted by Gasteiger charge is 2.10. The molecule has 2 N–H and O–H groups in total. The summed E-state index contributed by atoms with van der Waals surface area (Å²) >= 11 is 2.85. The standard InChI is InChI=1S/C16H20N4O2S2/c1-3-8-17-15-19-20-16(24-15)23-10-14(22)13-6-4-12(5-7-13)9-18-11(2)21/h4-7H,3,8-10H2,1-2H3,(H,17,19)(H,18,21). The first kappa shape index (κ1) is 18.4. The molecule has 6 nitrogen and oxygen atoms in total. The first-order valence-corrected chi connectivity index (χ1v) is 9.45. The van der Waals surface area contributed by atoms with E-state index >= 15 is 0 Å². The summed E-state index contributed by atoms with van der Waals surface area (Å²) in [5.74, 6) is 0.300. The minimum atomic E-state index is -0.0728. The van der Waals surface area contributed by atoms with Gasteiger partial charge in [0.1, 0.15) is 0 Å². The van der Waals surface area contributed by atoms with Crippen molar-refractivity contribution < 1.29 is 9.59 Å². The van der Waals surface area contributed by atoms with Gasteiger partial charge in [0.15, 0.2) is 10.1 Å². The number of Topliss-reactive ketones (excluding diaryl/α,β-unsaturated/α-hetero) is 1. The lowest BCUT2D eigenvalue weighted by Crippen LogP contribution is -2.18. The highest BCUT2D eigenvalue weighted by atomic mass is 32.2. The predicted molar refractivity (Wildman–Crippen MR) is 97.7 cm³/mol. The van der Waals surface area contributed by atoms with E-state index in [1.807, 2.05) is 12.1 Å². The summed E-state index contributed by atoms with van der Waals surface area (Å²) in [6.07, 6.45) is 1.03. The van der Waals surface area contributed by atoms with Gasteiger partial charge in [-0.2, -0.15) is 0 Å². The predicted octanol–water partition coefficient (Wildman–Crippen LogP) is 2.97. The molecule has 0 bridgehead atoms. The number of hydrogen-bond donors (Lipinski definition) is 2. The van der Waals surface area contributed by atoms with Crippen molar-refractivity contribution >= 4 is 39.9 Å². The van der Waals surface area contributed by atoms with E-state index in [1.165, 1.54) is 30.0 Å². The Morgan fingerprint density at radius 3 is 2.62 bits per heavy atom. The number of benzene rings is 1. The second-order valence-corrected chi connectivity index (χ2v) is 7.32. The van der Waals surface area contributed by atoms with Gasteiger partial charge in [-0.1, -0.05) is 54.3 Å². The van der Waals surface area contributed by atoms with E-state index in [9.17, 15) is 9.59 Å². The zero-order chi connectivity index (χ0) is 17.4. The molecule has 0 aliphatic rings. The molecule has 1 aromatic carbocycles. The van der Waals surface area contributed by atoms with E-state index in [4.69, 9.17) is 0 Å². The molecule has 2 rings (SSSR count). The average Bonchev–Trinajstić information content (AvgIpc) is 3.04. The molecule has 1 aromatic heterocycles. The highest BCUT2D eigenvalue weighted by Crippen LogP contribution is 2.26. The van der Waals surface area contributed by atoms with Crippen LogP contribution in [0.3, 0.4) is 0 Å². The molecule has 128 valence electrons. The number of carbonyl (C=O) groups is 2. The Bertz CT molecular complexity index is 686. The Kier molecular flexibility index (Phi) is 7.20. The third kappa shape index (κ3) is 5.93. The number of amides is 1. The molecule has 8 heteroatoms. The largest absolute Gasteiger partial charge is 0.360 e. The Morgan fingerprint density at radius 1 is 1.21 bits per heavy atom. The van der Waals surface area contributed by atoms with Gasteiger partial charge in [-0.05, 0) is 12.0 Å². The maximum absolute atomic E-state index is 12.2. The molecule has 0 saturated heterocycles. The summed E-state index contributed by atoms with van der Waals surface area (Å²) in [5.41, 5.74) is 1.62. The molecule has 0 saturated carbocycles. The van der Waals surface area contributed by atoms with E-state index in [-0.39, 0.29) is 11.7 Å². The first-order chi connectivity index (χ1) is 11.6. The Labute approximate surface area is 149 Å². The number of anilines is 1. The van der Waals surface area contributed by atoms with Gasteiger partial charge in [-0.3, -0.25) is 9.59 Å². The normalized spacial score (nSPS) is 10.4. The van der Waals surface area contributed by atoms with Gasteiger partial charge in [0.05, 0.1) is 5.75 Å². The van der Waals surface area contributed by atoms with E-state index < -0.39 is 0 Å². The molecular weight excluding hydrogens is 344 g/mol. The maximum atomic E-state index is 12.2. The molecule has 0 atom stereocenters. The van der Waals surface area contributed by atoms with Crippen molar-refractivity contribution in [2.24, 2.45) is 0 Å². The fraction of sp³-hybridized carbons (Fsp3) is 0.375. The van der Waals surface area contributed by atoms with E-state index in [1.54, 1.807) is 12.1 Å². The summed E-state index contributed by atoms with van der Waals surface area (Å²) in [6.45, 7) is 4.90. The number of aromatic nitrogens is 2. The number of ketones is 1. The third-order valence-corrected chi connectivity index (χ3v) is 5.09. The molecular formula is C16H20N4O2S2. The fourth-order valence-corrected chi connectivity index (χ4v) is 3.49. The van der Waals surface area contributed by atoms with Gasteiger partial charge in [-0.25, -0.2) is 0 Å². The number of thioether (sulfide) groups is 1. The monoisotopic (exact) mass is 364 g/mol. The zero-order valence-electron chi connectivity index (χ0n) is 13.7. The SMILES string of the molecule is CCCNc1nnc(SCC(=O)c2ccc(CNC(C)=O)cc2)s1. The second-order valence-electron chi connectivity index (χ2n) is 5.12. The van der Waals surface area contributed by atoms with Crippen LogP contribution in [0.2, 0.25) is 0 Å². The average molecular weight is 364 g/mol. The molecule has 1 amide bonds. The quantitative estimate of drug-likeness (QED) is 0.526. The number of carbonyl (C=O) groups excluding carboxylic acids is 2. The second kappa shape index (κ2) is 9.39. The summed E-state index contributed by atoms with van der Waals surface area (Å²) in [5, 5.41) is 14.8. The van der Waals surface area contributed by atoms with Crippen LogP contribution < -0.4 is 10.6 Å². The van der Waals surface area contributed by atoms with E-state index in [0.29, 0.717) is 17.9 Å². The van der Waals surface area contributed by atoms with Crippen molar-refractivity contribution in [1.82, 2.24) is 15.5 Å². The molecule has 0 aliphatic heterocycles. The van der Waals surface area contributed by atoms with Crippen LogP contribution in [0.4, 0.5) is 5.13 Å². The highest BCUT2D eigenvalue weighted by molar-refractivity contribution is 8.01. The smallest absolute Gasteiger partial charge is 0.217 e. The third-order valence-electron chi connectivity index (χ3n) is 3.08. The van der Waals surface area contributed by atoms with Gasteiger partial charge >= 0.3 is 0 Å². The molecule has 0 fully saturated rings. The molecule has 0 unspecified atom stereocenters. The number of nitrogens with zero attached hydrogens (tertiary/aromatic N) is 2. The summed E-state index contributed by atoms with van der Waals surface area (Å²) in [6, 6.07) is 7.28. The van der Waals surface area contributed by atoms with Gasteiger partial charge in [0.25, 0.3) is 0 Å². The maximum Gasteiger partial charge on any atom is 0.217 e. The minimum absolute atomic E-state index is 0.0457. The molecule has 24 heavy (non-hydrogen) atoms. The van der Waals surface area contributed by atoms with Crippen molar-refractivity contribution in [1.29, 1.82) is 0 Å². The Balaban J connectivity index is 1.83. The van der Waals surface area contributed by atoms with Crippen LogP contribution in [-0.4, -0.2) is 34.2 Å². The van der Waals surface area contributed by atoms with Gasteiger partial charge in [0.2, 0.25) is 11.0 Å². The van der Waals surface area contributed by atoms with Crippen LogP contribution in [0.15, 0.2) is 28.6 Å². The fourth-order valence-electron chi connectivity index (χ4n) is 1.82. The van der Waals surface area contributed by atoms with Crippen LogP contribution in [0.5, 0.6) is 0 Å². The summed E-state index contributed by atoms with van der Waals surface area (Å²) in [4.78, 5) is 23.1. The van der Waals surface area contributed by atoms with Crippen LogP contribution >= 0.6 is 23.1 Å². The van der Waals surface area contributed by atoms with Gasteiger partial charge in [-0.15, -0.1) is 10.2 Å². The van der Waals surface area contributed by atoms with E-state index in [0.717, 1.165) is 28.0 Å². The minimum Gasteiger partial charge on any atom is -0.360 e. The van der Waals surface area contributed by atoms with Crippen molar-refractivity contribution in [3.8, 4) is 0 Å². The lowest BCUT2D eigenvalue weighted by atomic mass is 10.1. The number of nitrogens with one attached hydrogen (secondary N) is 2. The number of rotatable bonds is 9. The van der Waals surface area contributed by atoms with Crippen molar-refractivity contribution in [2.45, 2.75) is 31.2 Å². The van der Waals surface area contributed by atoms with Gasteiger partial charge < -0.3 is 10.6 Å².